The lowest BCUT2D eigenvalue weighted by Crippen LogP contribution is -2.18. The van der Waals surface area contributed by atoms with E-state index in [1.165, 1.54) is 12.8 Å². The molecule has 0 unspecified atom stereocenters. The van der Waals surface area contributed by atoms with Crippen molar-refractivity contribution in [2.24, 2.45) is 0 Å². The van der Waals surface area contributed by atoms with Crippen molar-refractivity contribution in [2.45, 2.75) is 19.3 Å². The monoisotopic (exact) mass is 221 g/mol. The molecule has 0 atom stereocenters. The van der Waals surface area contributed by atoms with Gasteiger partial charge in [0.1, 0.15) is 5.82 Å². The maximum atomic E-state index is 10.2. The molecule has 86 valence electrons. The van der Waals surface area contributed by atoms with Gasteiger partial charge in [-0.25, -0.2) is 4.98 Å². The molecule has 0 aromatic carbocycles. The molecule has 5 nitrogen and oxygen atoms in total. The summed E-state index contributed by atoms with van der Waals surface area (Å²) in [4.78, 5) is 16.5. The first-order valence-electron chi connectivity index (χ1n) is 5.57. The molecule has 0 amide bonds. The highest BCUT2D eigenvalue weighted by molar-refractivity contribution is 5.40. The van der Waals surface area contributed by atoms with Crippen LogP contribution >= 0.6 is 0 Å². The summed E-state index contributed by atoms with van der Waals surface area (Å²) in [6.07, 6.45) is 4.66. The van der Waals surface area contributed by atoms with Gasteiger partial charge in [-0.2, -0.15) is 0 Å². The molecule has 1 aliphatic rings. The molecule has 2 rings (SSSR count). The summed E-state index contributed by atoms with van der Waals surface area (Å²) in [7, 11) is 0. The van der Waals surface area contributed by atoms with Gasteiger partial charge in [0.15, 0.2) is 0 Å². The Morgan fingerprint density at radius 1 is 1.38 bits per heavy atom. The zero-order chi connectivity index (χ0) is 11.4. The maximum absolute atomic E-state index is 10.2. The smallest absolute Gasteiger partial charge is 0.207 e. The van der Waals surface area contributed by atoms with Crippen LogP contribution in [-0.4, -0.2) is 29.5 Å². The van der Waals surface area contributed by atoms with Crippen LogP contribution in [0.1, 0.15) is 18.4 Å². The van der Waals surface area contributed by atoms with Crippen LogP contribution in [-0.2, 0) is 6.42 Å². The van der Waals surface area contributed by atoms with Crippen molar-refractivity contribution in [3.05, 3.63) is 34.0 Å². The predicted molar refractivity (Wildman–Crippen MR) is 61.2 cm³/mol. The maximum Gasteiger partial charge on any atom is 0.207 e. The standard InChI is InChI=1S/C11H15N3O2/c15-14(16)8-5-10-3-4-11(12-9-10)13-6-1-2-7-13/h3-4,9H,1-2,5-8H2. The molecule has 16 heavy (non-hydrogen) atoms. The molecule has 1 aromatic rings. The summed E-state index contributed by atoms with van der Waals surface area (Å²) in [5.74, 6) is 0.988. The summed E-state index contributed by atoms with van der Waals surface area (Å²) in [6.45, 7) is 2.12. The third kappa shape index (κ3) is 2.68. The van der Waals surface area contributed by atoms with Gasteiger partial charge in [0.05, 0.1) is 0 Å². The molecule has 5 heteroatoms. The van der Waals surface area contributed by atoms with Crippen molar-refractivity contribution in [1.29, 1.82) is 0 Å². The van der Waals surface area contributed by atoms with Crippen LogP contribution in [0.4, 0.5) is 5.82 Å². The average molecular weight is 221 g/mol. The molecule has 1 saturated heterocycles. The first-order valence-corrected chi connectivity index (χ1v) is 5.57. The van der Waals surface area contributed by atoms with Gasteiger partial charge in [-0.1, -0.05) is 6.07 Å². The summed E-state index contributed by atoms with van der Waals surface area (Å²) < 4.78 is 0. The second-order valence-corrected chi connectivity index (χ2v) is 4.03. The van der Waals surface area contributed by atoms with Gasteiger partial charge in [-0.05, 0) is 24.5 Å². The Hall–Kier alpha value is -1.65. The normalized spacial score (nSPS) is 15.4. The van der Waals surface area contributed by atoms with Gasteiger partial charge < -0.3 is 4.90 Å². The average Bonchev–Trinajstić information content (AvgIpc) is 2.80. The molecule has 0 radical (unpaired) electrons. The van der Waals surface area contributed by atoms with E-state index < -0.39 is 0 Å². The fraction of sp³-hybridized carbons (Fsp3) is 0.545. The van der Waals surface area contributed by atoms with E-state index in [9.17, 15) is 10.1 Å². The molecular weight excluding hydrogens is 206 g/mol. The van der Waals surface area contributed by atoms with Gasteiger partial charge in [0.25, 0.3) is 0 Å². The summed E-state index contributed by atoms with van der Waals surface area (Å²) in [5, 5.41) is 10.2. The first-order chi connectivity index (χ1) is 7.75. The fourth-order valence-corrected chi connectivity index (χ4v) is 1.92. The van der Waals surface area contributed by atoms with Crippen molar-refractivity contribution < 1.29 is 4.92 Å². The van der Waals surface area contributed by atoms with Crippen LogP contribution in [0, 0.1) is 10.1 Å². The zero-order valence-electron chi connectivity index (χ0n) is 9.13. The zero-order valence-corrected chi connectivity index (χ0v) is 9.13. The molecule has 0 aliphatic carbocycles. The van der Waals surface area contributed by atoms with Gasteiger partial charge >= 0.3 is 0 Å². The Bertz CT molecular complexity index is 358. The third-order valence-corrected chi connectivity index (χ3v) is 2.82. The highest BCUT2D eigenvalue weighted by atomic mass is 16.6. The number of rotatable bonds is 4. The van der Waals surface area contributed by atoms with E-state index in [1.807, 2.05) is 12.1 Å². The molecule has 1 aromatic heterocycles. The lowest BCUT2D eigenvalue weighted by molar-refractivity contribution is -0.479. The Morgan fingerprint density at radius 3 is 2.69 bits per heavy atom. The summed E-state index contributed by atoms with van der Waals surface area (Å²) in [6, 6.07) is 3.89. The van der Waals surface area contributed by atoms with E-state index in [-0.39, 0.29) is 11.5 Å². The lowest BCUT2D eigenvalue weighted by Gasteiger charge is -2.15. The van der Waals surface area contributed by atoms with Crippen molar-refractivity contribution in [3.63, 3.8) is 0 Å². The molecule has 0 bridgehead atoms. The Labute approximate surface area is 94.2 Å². The number of hydrogen-bond acceptors (Lipinski definition) is 4. The second kappa shape index (κ2) is 4.92. The van der Waals surface area contributed by atoms with Crippen LogP contribution < -0.4 is 4.90 Å². The van der Waals surface area contributed by atoms with Gasteiger partial charge in [-0.15, -0.1) is 0 Å². The molecule has 2 heterocycles. The molecular formula is C11H15N3O2. The number of anilines is 1. The fourth-order valence-electron chi connectivity index (χ4n) is 1.92. The molecule has 0 saturated carbocycles. The largest absolute Gasteiger partial charge is 0.357 e. The molecule has 1 aliphatic heterocycles. The Balaban J connectivity index is 1.95. The number of hydrogen-bond donors (Lipinski definition) is 0. The van der Waals surface area contributed by atoms with Crippen LogP contribution in [0.25, 0.3) is 0 Å². The summed E-state index contributed by atoms with van der Waals surface area (Å²) in [5.41, 5.74) is 0.930. The van der Waals surface area contributed by atoms with E-state index in [1.54, 1.807) is 6.20 Å². The highest BCUT2D eigenvalue weighted by Gasteiger charge is 2.13. The van der Waals surface area contributed by atoms with E-state index in [4.69, 9.17) is 0 Å². The number of nitro groups is 1. The van der Waals surface area contributed by atoms with Crippen LogP contribution in [0.15, 0.2) is 18.3 Å². The van der Waals surface area contributed by atoms with E-state index in [0.717, 1.165) is 24.5 Å². The third-order valence-electron chi connectivity index (χ3n) is 2.82. The number of nitrogens with zero attached hydrogens (tertiary/aromatic N) is 3. The topological polar surface area (TPSA) is 59.3 Å². The minimum Gasteiger partial charge on any atom is -0.357 e. The minimum atomic E-state index is -0.297. The number of pyridine rings is 1. The van der Waals surface area contributed by atoms with Crippen molar-refractivity contribution in [3.8, 4) is 0 Å². The van der Waals surface area contributed by atoms with E-state index >= 15 is 0 Å². The van der Waals surface area contributed by atoms with E-state index in [0.29, 0.717) is 6.42 Å². The van der Waals surface area contributed by atoms with Crippen molar-refractivity contribution in [1.82, 2.24) is 4.98 Å². The SMILES string of the molecule is O=[N+]([O-])CCc1ccc(N2CCCC2)nc1. The van der Waals surface area contributed by atoms with Gasteiger partial charge in [0.2, 0.25) is 6.54 Å². The van der Waals surface area contributed by atoms with Crippen LogP contribution in [0.2, 0.25) is 0 Å². The highest BCUT2D eigenvalue weighted by Crippen LogP contribution is 2.17. The van der Waals surface area contributed by atoms with Gasteiger partial charge in [-0.3, -0.25) is 10.1 Å². The Morgan fingerprint density at radius 2 is 2.12 bits per heavy atom. The number of aromatic nitrogens is 1. The Kier molecular flexibility index (Phi) is 3.34. The minimum absolute atomic E-state index is 0.0231. The lowest BCUT2D eigenvalue weighted by atomic mass is 10.2. The van der Waals surface area contributed by atoms with Crippen LogP contribution in [0.3, 0.4) is 0 Å². The second-order valence-electron chi connectivity index (χ2n) is 4.03. The molecule has 1 fully saturated rings. The molecule has 0 spiro atoms. The molecule has 0 N–H and O–H groups in total. The van der Waals surface area contributed by atoms with Crippen LogP contribution in [0.5, 0.6) is 0 Å². The van der Waals surface area contributed by atoms with Crippen molar-refractivity contribution in [2.75, 3.05) is 24.5 Å². The summed E-state index contributed by atoms with van der Waals surface area (Å²) >= 11 is 0. The van der Waals surface area contributed by atoms with Gasteiger partial charge in [0, 0.05) is 30.6 Å². The van der Waals surface area contributed by atoms with Crippen molar-refractivity contribution >= 4 is 5.82 Å². The quantitative estimate of drug-likeness (QED) is 0.571. The van der Waals surface area contributed by atoms with E-state index in [2.05, 4.69) is 9.88 Å². The predicted octanol–water partition coefficient (Wildman–Crippen LogP) is 1.50. The first kappa shape index (κ1) is 10.9.